The molecular formula is C18H20N2O2. The van der Waals surface area contributed by atoms with E-state index in [-0.39, 0.29) is 12.1 Å². The van der Waals surface area contributed by atoms with Crippen LogP contribution in [-0.2, 0) is 0 Å². The van der Waals surface area contributed by atoms with Gasteiger partial charge in [0.15, 0.2) is 0 Å². The van der Waals surface area contributed by atoms with E-state index in [1.54, 1.807) is 4.90 Å². The van der Waals surface area contributed by atoms with Crippen molar-refractivity contribution in [1.82, 2.24) is 4.90 Å². The van der Waals surface area contributed by atoms with E-state index in [9.17, 15) is 4.79 Å². The van der Waals surface area contributed by atoms with Gasteiger partial charge in [0, 0.05) is 12.7 Å². The molecule has 4 heteroatoms. The van der Waals surface area contributed by atoms with Crippen molar-refractivity contribution in [2.75, 3.05) is 19.0 Å². The number of hydrogen-bond donors (Lipinski definition) is 1. The molecule has 1 atom stereocenters. The number of carbonyl (C=O) groups is 1. The van der Waals surface area contributed by atoms with E-state index in [1.165, 1.54) is 0 Å². The molecule has 1 heterocycles. The summed E-state index contributed by atoms with van der Waals surface area (Å²) >= 11 is 0. The van der Waals surface area contributed by atoms with E-state index in [1.807, 2.05) is 55.6 Å². The molecule has 0 saturated carbocycles. The van der Waals surface area contributed by atoms with Gasteiger partial charge in [-0.3, -0.25) is 4.79 Å². The molecule has 0 radical (unpaired) electrons. The van der Waals surface area contributed by atoms with Crippen LogP contribution in [0.2, 0.25) is 0 Å². The van der Waals surface area contributed by atoms with Gasteiger partial charge >= 0.3 is 0 Å². The van der Waals surface area contributed by atoms with Crippen molar-refractivity contribution in [1.29, 1.82) is 0 Å². The van der Waals surface area contributed by atoms with E-state index < -0.39 is 0 Å². The summed E-state index contributed by atoms with van der Waals surface area (Å²) in [4.78, 5) is 14.2. The zero-order valence-electron chi connectivity index (χ0n) is 12.9. The standard InChI is InChI=1S/C18H20N2O2/c1-3-12-22-14-10-8-13(9-11-14)17-19-16-7-5-4-6-15(16)18(21)20(17)2/h4-11,17,19H,3,12H2,1-2H3. The maximum Gasteiger partial charge on any atom is 0.257 e. The number of hydrogen-bond acceptors (Lipinski definition) is 3. The topological polar surface area (TPSA) is 41.6 Å². The summed E-state index contributed by atoms with van der Waals surface area (Å²) < 4.78 is 5.60. The largest absolute Gasteiger partial charge is 0.494 e. The highest BCUT2D eigenvalue weighted by Gasteiger charge is 2.29. The molecule has 0 saturated heterocycles. The van der Waals surface area contributed by atoms with Crippen molar-refractivity contribution in [2.45, 2.75) is 19.5 Å². The van der Waals surface area contributed by atoms with E-state index in [0.29, 0.717) is 12.2 Å². The Balaban J connectivity index is 1.84. The third-order valence-electron chi connectivity index (χ3n) is 3.83. The van der Waals surface area contributed by atoms with Crippen LogP contribution < -0.4 is 10.1 Å². The van der Waals surface area contributed by atoms with Crippen LogP contribution in [0, 0.1) is 0 Å². The zero-order chi connectivity index (χ0) is 15.5. The summed E-state index contributed by atoms with van der Waals surface area (Å²) in [6.45, 7) is 2.80. The summed E-state index contributed by atoms with van der Waals surface area (Å²) in [6.07, 6.45) is 0.822. The monoisotopic (exact) mass is 296 g/mol. The number of ether oxygens (including phenoxy) is 1. The van der Waals surface area contributed by atoms with Gasteiger partial charge in [-0.1, -0.05) is 31.2 Å². The van der Waals surface area contributed by atoms with Gasteiger partial charge in [-0.2, -0.15) is 0 Å². The number of nitrogens with one attached hydrogen (secondary N) is 1. The van der Waals surface area contributed by atoms with Crippen LogP contribution in [0.25, 0.3) is 0 Å². The van der Waals surface area contributed by atoms with Crippen molar-refractivity contribution in [2.24, 2.45) is 0 Å². The summed E-state index contributed by atoms with van der Waals surface area (Å²) in [6, 6.07) is 15.5. The van der Waals surface area contributed by atoms with E-state index in [2.05, 4.69) is 12.2 Å². The van der Waals surface area contributed by atoms with Crippen LogP contribution in [0.5, 0.6) is 5.75 Å². The van der Waals surface area contributed by atoms with Crippen LogP contribution in [0.15, 0.2) is 48.5 Å². The van der Waals surface area contributed by atoms with Gasteiger partial charge in [0.1, 0.15) is 11.9 Å². The molecule has 0 bridgehead atoms. The minimum Gasteiger partial charge on any atom is -0.494 e. The molecule has 1 aliphatic heterocycles. The van der Waals surface area contributed by atoms with Gasteiger partial charge in [-0.05, 0) is 36.2 Å². The second-order valence-corrected chi connectivity index (χ2v) is 5.43. The first-order chi connectivity index (χ1) is 10.7. The van der Waals surface area contributed by atoms with Gasteiger partial charge in [0.25, 0.3) is 5.91 Å². The fraction of sp³-hybridized carbons (Fsp3) is 0.278. The summed E-state index contributed by atoms with van der Waals surface area (Å²) in [5.74, 6) is 0.890. The molecule has 0 spiro atoms. The van der Waals surface area contributed by atoms with Crippen molar-refractivity contribution < 1.29 is 9.53 Å². The second-order valence-electron chi connectivity index (χ2n) is 5.43. The number of carbonyl (C=O) groups excluding carboxylic acids is 1. The number of para-hydroxylation sites is 1. The molecule has 2 aromatic rings. The Morgan fingerprint density at radius 1 is 1.14 bits per heavy atom. The van der Waals surface area contributed by atoms with Crippen molar-refractivity contribution >= 4 is 11.6 Å². The Morgan fingerprint density at radius 3 is 2.59 bits per heavy atom. The van der Waals surface area contributed by atoms with Crippen molar-refractivity contribution in [3.8, 4) is 5.75 Å². The maximum absolute atomic E-state index is 12.5. The highest BCUT2D eigenvalue weighted by Crippen LogP contribution is 2.32. The molecule has 4 nitrogen and oxygen atoms in total. The molecule has 3 rings (SSSR count). The van der Waals surface area contributed by atoms with Gasteiger partial charge < -0.3 is 15.0 Å². The average Bonchev–Trinajstić information content (AvgIpc) is 2.57. The molecule has 2 aromatic carbocycles. The molecule has 114 valence electrons. The molecule has 1 N–H and O–H groups in total. The predicted octanol–water partition coefficient (Wildman–Crippen LogP) is 3.67. The van der Waals surface area contributed by atoms with Crippen LogP contribution in [0.3, 0.4) is 0 Å². The molecule has 1 unspecified atom stereocenters. The quantitative estimate of drug-likeness (QED) is 0.936. The molecule has 22 heavy (non-hydrogen) atoms. The van der Waals surface area contributed by atoms with E-state index >= 15 is 0 Å². The Kier molecular flexibility index (Phi) is 4.00. The lowest BCUT2D eigenvalue weighted by Gasteiger charge is -2.35. The van der Waals surface area contributed by atoms with Crippen LogP contribution >= 0.6 is 0 Å². The lowest BCUT2D eigenvalue weighted by molar-refractivity contribution is 0.0735. The smallest absolute Gasteiger partial charge is 0.257 e. The average molecular weight is 296 g/mol. The third kappa shape index (κ3) is 2.64. The molecule has 0 fully saturated rings. The molecule has 0 aliphatic carbocycles. The lowest BCUT2D eigenvalue weighted by Crippen LogP contribution is -2.40. The zero-order valence-corrected chi connectivity index (χ0v) is 12.9. The first-order valence-corrected chi connectivity index (χ1v) is 7.56. The van der Waals surface area contributed by atoms with E-state index in [0.717, 1.165) is 23.4 Å². The number of anilines is 1. The van der Waals surface area contributed by atoms with Crippen LogP contribution in [0.1, 0.15) is 35.4 Å². The highest BCUT2D eigenvalue weighted by atomic mass is 16.5. The fourth-order valence-corrected chi connectivity index (χ4v) is 2.62. The summed E-state index contributed by atoms with van der Waals surface area (Å²) in [5.41, 5.74) is 2.63. The highest BCUT2D eigenvalue weighted by molar-refractivity contribution is 6.01. The number of fused-ring (bicyclic) bond motifs is 1. The SMILES string of the molecule is CCCOc1ccc(C2Nc3ccccc3C(=O)N2C)cc1. The third-order valence-corrected chi connectivity index (χ3v) is 3.83. The van der Waals surface area contributed by atoms with Crippen LogP contribution in [-0.4, -0.2) is 24.5 Å². The first kappa shape index (κ1) is 14.4. The van der Waals surface area contributed by atoms with Gasteiger partial charge in [0.05, 0.1) is 12.2 Å². The Labute approximate surface area is 130 Å². The minimum atomic E-state index is -0.164. The Hall–Kier alpha value is -2.49. The molecule has 1 aliphatic rings. The van der Waals surface area contributed by atoms with Gasteiger partial charge in [-0.15, -0.1) is 0 Å². The minimum absolute atomic E-state index is 0.0330. The van der Waals surface area contributed by atoms with Crippen LogP contribution in [0.4, 0.5) is 5.69 Å². The number of rotatable bonds is 4. The van der Waals surface area contributed by atoms with E-state index in [4.69, 9.17) is 4.74 Å². The first-order valence-electron chi connectivity index (χ1n) is 7.56. The van der Waals surface area contributed by atoms with Crippen molar-refractivity contribution in [3.63, 3.8) is 0 Å². The fourth-order valence-electron chi connectivity index (χ4n) is 2.62. The van der Waals surface area contributed by atoms with Gasteiger partial charge in [0.2, 0.25) is 0 Å². The number of amides is 1. The molecule has 0 aromatic heterocycles. The maximum atomic E-state index is 12.5. The molecule has 1 amide bonds. The lowest BCUT2D eigenvalue weighted by atomic mass is 10.0. The Bertz CT molecular complexity index is 667. The van der Waals surface area contributed by atoms with Crippen molar-refractivity contribution in [3.05, 3.63) is 59.7 Å². The number of benzene rings is 2. The van der Waals surface area contributed by atoms with Gasteiger partial charge in [-0.25, -0.2) is 0 Å². The summed E-state index contributed by atoms with van der Waals surface area (Å²) in [7, 11) is 1.82. The number of nitrogens with zero attached hydrogens (tertiary/aromatic N) is 1. The normalized spacial score (nSPS) is 16.9. The Morgan fingerprint density at radius 2 is 1.86 bits per heavy atom. The predicted molar refractivity (Wildman–Crippen MR) is 87.1 cm³/mol. The molecular weight excluding hydrogens is 276 g/mol. The summed E-state index contributed by atoms with van der Waals surface area (Å²) in [5, 5.41) is 3.42. The second kappa shape index (κ2) is 6.10.